The van der Waals surface area contributed by atoms with Crippen LogP contribution in [0.25, 0.3) is 11.3 Å². The Labute approximate surface area is 108 Å². The smallest absolute Gasteiger partial charge is 0.258 e. The van der Waals surface area contributed by atoms with Crippen LogP contribution in [0.1, 0.15) is 0 Å². The van der Waals surface area contributed by atoms with Gasteiger partial charge in [0.05, 0.1) is 4.92 Å². The van der Waals surface area contributed by atoms with Gasteiger partial charge in [-0.25, -0.2) is 23.1 Å². The number of hydrogen-bond acceptors (Lipinski definition) is 4. The van der Waals surface area contributed by atoms with E-state index in [2.05, 4.69) is 9.97 Å². The second-order valence-electron chi connectivity index (χ2n) is 3.35. The molecule has 0 bridgehead atoms. The van der Waals surface area contributed by atoms with E-state index in [1.54, 1.807) is 0 Å². The van der Waals surface area contributed by atoms with E-state index in [9.17, 15) is 23.3 Å². The van der Waals surface area contributed by atoms with Crippen LogP contribution in [-0.2, 0) is 0 Å². The maximum atomic E-state index is 13.6. The quantitative estimate of drug-likeness (QED) is 0.369. The van der Waals surface area contributed by atoms with Crippen molar-refractivity contribution in [1.29, 1.82) is 0 Å². The Hall–Kier alpha value is -2.22. The largest absolute Gasteiger partial charge is 0.313 e. The highest BCUT2D eigenvalue weighted by Crippen LogP contribution is 2.31. The summed E-state index contributed by atoms with van der Waals surface area (Å²) in [6.45, 7) is 0. The summed E-state index contributed by atoms with van der Waals surface area (Å²) in [4.78, 5) is 16.7. The molecule has 0 aliphatic heterocycles. The van der Waals surface area contributed by atoms with Crippen molar-refractivity contribution in [3.63, 3.8) is 0 Å². The van der Waals surface area contributed by atoms with Gasteiger partial charge in [0.15, 0.2) is 23.1 Å². The summed E-state index contributed by atoms with van der Waals surface area (Å²) in [5.41, 5.74) is -1.77. The first-order chi connectivity index (χ1) is 8.91. The molecule has 0 unspecified atom stereocenters. The van der Waals surface area contributed by atoms with Gasteiger partial charge in [-0.05, 0) is 23.7 Å². The van der Waals surface area contributed by atoms with Crippen molar-refractivity contribution in [2.45, 2.75) is 0 Å². The minimum absolute atomic E-state index is 0.385. The molecule has 98 valence electrons. The van der Waals surface area contributed by atoms with E-state index < -0.39 is 39.3 Å². The molecule has 19 heavy (non-hydrogen) atoms. The van der Waals surface area contributed by atoms with Gasteiger partial charge in [0, 0.05) is 5.56 Å². The molecule has 0 spiro atoms. The molecular weight excluding hydrogens is 287 g/mol. The van der Waals surface area contributed by atoms with Crippen molar-refractivity contribution < 1.29 is 18.1 Å². The number of halogens is 4. The zero-order valence-electron chi connectivity index (χ0n) is 8.90. The Morgan fingerprint density at radius 2 is 1.89 bits per heavy atom. The van der Waals surface area contributed by atoms with Crippen molar-refractivity contribution in [2.24, 2.45) is 0 Å². The van der Waals surface area contributed by atoms with Crippen LogP contribution in [0, 0.1) is 27.6 Å². The summed E-state index contributed by atoms with van der Waals surface area (Å²) >= 11 is 5.46. The summed E-state index contributed by atoms with van der Waals surface area (Å²) in [6, 6.07) is 1.47. The normalized spacial score (nSPS) is 10.5. The molecule has 0 amide bonds. The van der Waals surface area contributed by atoms with Gasteiger partial charge in [0.25, 0.3) is 0 Å². The van der Waals surface area contributed by atoms with Crippen molar-refractivity contribution in [1.82, 2.24) is 9.97 Å². The molecule has 1 heterocycles. The molecule has 2 rings (SSSR count). The lowest BCUT2D eigenvalue weighted by Gasteiger charge is -2.05. The second kappa shape index (κ2) is 4.81. The van der Waals surface area contributed by atoms with Crippen molar-refractivity contribution in [2.75, 3.05) is 0 Å². The third-order valence-corrected chi connectivity index (χ3v) is 2.41. The molecular formula is C10H3ClF3N3O2. The predicted molar refractivity (Wildman–Crippen MR) is 59.0 cm³/mol. The maximum absolute atomic E-state index is 13.6. The summed E-state index contributed by atoms with van der Waals surface area (Å²) < 4.78 is 39.5. The molecule has 0 atom stereocenters. The SMILES string of the molecule is O=[N+]([O-])c1cnc(Cl)nc1-c1ccc(F)c(F)c1F. The Kier molecular flexibility index (Phi) is 3.34. The molecule has 1 aromatic heterocycles. The fourth-order valence-corrected chi connectivity index (χ4v) is 1.53. The van der Waals surface area contributed by atoms with Crippen LogP contribution in [0.15, 0.2) is 18.3 Å². The summed E-state index contributed by atoms with van der Waals surface area (Å²) in [6.07, 6.45) is 0.755. The third kappa shape index (κ3) is 2.34. The van der Waals surface area contributed by atoms with Crippen LogP contribution in [-0.4, -0.2) is 14.9 Å². The average molecular weight is 290 g/mol. The Morgan fingerprint density at radius 1 is 1.21 bits per heavy atom. The molecule has 0 saturated heterocycles. The Bertz CT molecular complexity index is 681. The van der Waals surface area contributed by atoms with Crippen molar-refractivity contribution in [3.05, 3.63) is 51.2 Å². The molecule has 2 aromatic rings. The highest BCUT2D eigenvalue weighted by Gasteiger charge is 2.24. The van der Waals surface area contributed by atoms with Crippen LogP contribution >= 0.6 is 11.6 Å². The molecule has 5 nitrogen and oxygen atoms in total. The highest BCUT2D eigenvalue weighted by molar-refractivity contribution is 6.28. The molecule has 9 heteroatoms. The van der Waals surface area contributed by atoms with Crippen LogP contribution < -0.4 is 0 Å². The average Bonchev–Trinajstić information content (AvgIpc) is 2.35. The van der Waals surface area contributed by atoms with Gasteiger partial charge in [-0.3, -0.25) is 10.1 Å². The van der Waals surface area contributed by atoms with E-state index in [0.717, 1.165) is 12.3 Å². The van der Waals surface area contributed by atoms with Crippen molar-refractivity contribution >= 4 is 17.3 Å². The fraction of sp³-hybridized carbons (Fsp3) is 0. The Morgan fingerprint density at radius 3 is 2.53 bits per heavy atom. The van der Waals surface area contributed by atoms with E-state index in [0.29, 0.717) is 6.07 Å². The fourth-order valence-electron chi connectivity index (χ4n) is 1.39. The lowest BCUT2D eigenvalue weighted by Crippen LogP contribution is -2.01. The van der Waals surface area contributed by atoms with Gasteiger partial charge < -0.3 is 0 Å². The zero-order chi connectivity index (χ0) is 14.2. The van der Waals surface area contributed by atoms with Crippen LogP contribution in [0.2, 0.25) is 5.28 Å². The number of nitro groups is 1. The van der Waals surface area contributed by atoms with Crippen LogP contribution in [0.4, 0.5) is 18.9 Å². The van der Waals surface area contributed by atoms with E-state index in [1.165, 1.54) is 0 Å². The first-order valence-electron chi connectivity index (χ1n) is 4.72. The maximum Gasteiger partial charge on any atom is 0.313 e. The topological polar surface area (TPSA) is 68.9 Å². The Balaban J connectivity index is 2.75. The molecule has 0 N–H and O–H groups in total. The minimum Gasteiger partial charge on any atom is -0.258 e. The van der Waals surface area contributed by atoms with Gasteiger partial charge in [0.2, 0.25) is 5.28 Å². The number of benzene rings is 1. The highest BCUT2D eigenvalue weighted by atomic mass is 35.5. The molecule has 0 aliphatic rings. The van der Waals surface area contributed by atoms with Crippen LogP contribution in [0.3, 0.4) is 0 Å². The first-order valence-corrected chi connectivity index (χ1v) is 5.10. The number of nitrogens with zero attached hydrogens (tertiary/aromatic N) is 3. The lowest BCUT2D eigenvalue weighted by molar-refractivity contribution is -0.384. The molecule has 0 fully saturated rings. The van der Waals surface area contributed by atoms with Crippen molar-refractivity contribution in [3.8, 4) is 11.3 Å². The van der Waals surface area contributed by atoms with E-state index >= 15 is 0 Å². The minimum atomic E-state index is -1.75. The molecule has 0 radical (unpaired) electrons. The van der Waals surface area contributed by atoms with Gasteiger partial charge in [-0.15, -0.1) is 0 Å². The van der Waals surface area contributed by atoms with Gasteiger partial charge in [-0.1, -0.05) is 0 Å². The van der Waals surface area contributed by atoms with E-state index in [4.69, 9.17) is 11.6 Å². The lowest BCUT2D eigenvalue weighted by atomic mass is 10.1. The van der Waals surface area contributed by atoms with E-state index in [1.807, 2.05) is 0 Å². The van der Waals surface area contributed by atoms with Gasteiger partial charge in [0.1, 0.15) is 6.20 Å². The van der Waals surface area contributed by atoms with Gasteiger partial charge >= 0.3 is 5.69 Å². The van der Waals surface area contributed by atoms with E-state index in [-0.39, 0.29) is 5.28 Å². The monoisotopic (exact) mass is 289 g/mol. The third-order valence-electron chi connectivity index (χ3n) is 2.23. The van der Waals surface area contributed by atoms with Crippen LogP contribution in [0.5, 0.6) is 0 Å². The molecule has 1 aromatic carbocycles. The second-order valence-corrected chi connectivity index (χ2v) is 3.69. The number of aromatic nitrogens is 2. The summed E-state index contributed by atoms with van der Waals surface area (Å²) in [7, 11) is 0. The molecule has 0 aliphatic carbocycles. The summed E-state index contributed by atoms with van der Waals surface area (Å²) in [5, 5.41) is 10.4. The number of rotatable bonds is 2. The summed E-state index contributed by atoms with van der Waals surface area (Å²) in [5.74, 6) is -4.75. The molecule has 0 saturated carbocycles. The first kappa shape index (κ1) is 13.2. The number of hydrogen-bond donors (Lipinski definition) is 0. The zero-order valence-corrected chi connectivity index (χ0v) is 9.66. The van der Waals surface area contributed by atoms with Gasteiger partial charge in [-0.2, -0.15) is 0 Å². The standard InChI is InChI=1S/C10H3ClF3N3O2/c11-10-15-3-6(17(18)19)9(16-10)4-1-2-5(12)8(14)7(4)13/h1-3H. The predicted octanol–water partition coefficient (Wildman–Crippen LogP) is 3.12.